The quantitative estimate of drug-likeness (QED) is 0.281. The molecule has 0 aromatic heterocycles. The first-order valence-corrected chi connectivity index (χ1v) is 17.5. The molecule has 0 aliphatic heterocycles. The average Bonchev–Trinajstić information content (AvgIpc) is 2.63. The molecule has 0 bridgehead atoms. The van der Waals surface area contributed by atoms with Crippen molar-refractivity contribution in [3.8, 4) is 0 Å². The van der Waals surface area contributed by atoms with Crippen molar-refractivity contribution in [2.75, 3.05) is 7.11 Å². The molecule has 24 heavy (non-hydrogen) atoms. The second-order valence-electron chi connectivity index (χ2n) is 7.04. The van der Waals surface area contributed by atoms with Crippen LogP contribution in [0.5, 0.6) is 0 Å². The number of carbonyl (C=O) groups excluding carboxylic acids is 1. The Bertz CT molecular complexity index is 436. The van der Waals surface area contributed by atoms with E-state index in [2.05, 4.69) is 45.0 Å². The molecule has 1 rings (SSSR count). The van der Waals surface area contributed by atoms with Gasteiger partial charge in [0.2, 0.25) is 0 Å². The molecule has 0 aliphatic rings. The third kappa shape index (κ3) is 6.09. The number of esters is 1. The van der Waals surface area contributed by atoms with Gasteiger partial charge in [-0.15, -0.1) is 0 Å². The Balaban J connectivity index is 3.31. The molecule has 3 heteroatoms. The monoisotopic (exact) mass is 440 g/mol. The molecule has 1 aromatic carbocycles. The van der Waals surface area contributed by atoms with Crippen molar-refractivity contribution in [3.63, 3.8) is 0 Å². The van der Waals surface area contributed by atoms with Gasteiger partial charge < -0.3 is 0 Å². The van der Waals surface area contributed by atoms with Crippen LogP contribution in [-0.2, 0) is 9.53 Å². The molecular formula is C21H36O2Sn. The molecule has 1 atom stereocenters. The van der Waals surface area contributed by atoms with Crippen LogP contribution in [0.1, 0.15) is 68.8 Å². The Hall–Kier alpha value is -0.511. The molecule has 0 fully saturated rings. The fraction of sp³-hybridized carbons (Fsp3) is 0.667. The van der Waals surface area contributed by atoms with Gasteiger partial charge in [-0.2, -0.15) is 0 Å². The van der Waals surface area contributed by atoms with E-state index in [9.17, 15) is 4.79 Å². The average molecular weight is 439 g/mol. The van der Waals surface area contributed by atoms with Crippen LogP contribution in [0.2, 0.25) is 13.3 Å². The van der Waals surface area contributed by atoms with Crippen molar-refractivity contribution in [1.82, 2.24) is 0 Å². The van der Waals surface area contributed by atoms with Crippen LogP contribution in [0.4, 0.5) is 0 Å². The summed E-state index contributed by atoms with van der Waals surface area (Å²) >= 11 is -2.71. The molecule has 0 N–H and O–H groups in total. The molecule has 0 spiro atoms. The zero-order valence-electron chi connectivity index (χ0n) is 16.1. The maximum atomic E-state index is 12.9. The number of rotatable bonds is 12. The molecule has 1 unspecified atom stereocenters. The van der Waals surface area contributed by atoms with E-state index in [-0.39, 0.29) is 9.90 Å². The number of ether oxygens (including phenoxy) is 1. The van der Waals surface area contributed by atoms with Gasteiger partial charge in [-0.05, 0) is 0 Å². The number of methoxy groups -OCH3 is 1. The number of benzene rings is 1. The van der Waals surface area contributed by atoms with Crippen LogP contribution >= 0.6 is 0 Å². The van der Waals surface area contributed by atoms with E-state index in [0.29, 0.717) is 0 Å². The Morgan fingerprint density at radius 3 is 1.75 bits per heavy atom. The number of hydrogen-bond acceptors (Lipinski definition) is 2. The fourth-order valence-electron chi connectivity index (χ4n) is 3.90. The third-order valence-electron chi connectivity index (χ3n) is 5.27. The van der Waals surface area contributed by atoms with Crippen LogP contribution in [0.15, 0.2) is 30.3 Å². The van der Waals surface area contributed by atoms with Crippen molar-refractivity contribution in [1.29, 1.82) is 0 Å². The van der Waals surface area contributed by atoms with Crippen LogP contribution in [-0.4, -0.2) is 31.5 Å². The molecule has 136 valence electrons. The Labute approximate surface area is 153 Å². The number of carbonyl (C=O) groups is 1. The predicted octanol–water partition coefficient (Wildman–Crippen LogP) is 6.33. The Kier molecular flexibility index (Phi) is 10.7. The van der Waals surface area contributed by atoms with Gasteiger partial charge in [-0.1, -0.05) is 0 Å². The van der Waals surface area contributed by atoms with Crippen molar-refractivity contribution in [2.24, 2.45) is 0 Å². The number of hydrogen-bond donors (Lipinski definition) is 0. The summed E-state index contributed by atoms with van der Waals surface area (Å²) < 4.78 is 9.35. The van der Waals surface area contributed by atoms with Gasteiger partial charge in [0.15, 0.2) is 0 Å². The van der Waals surface area contributed by atoms with Gasteiger partial charge in [0.05, 0.1) is 0 Å². The van der Waals surface area contributed by atoms with Crippen molar-refractivity contribution in [3.05, 3.63) is 35.9 Å². The molecule has 0 radical (unpaired) electrons. The van der Waals surface area contributed by atoms with Gasteiger partial charge in [0.1, 0.15) is 0 Å². The first-order valence-electron chi connectivity index (χ1n) is 9.78. The molecule has 0 amide bonds. The zero-order valence-corrected chi connectivity index (χ0v) is 19.0. The normalized spacial score (nSPS) is 12.8. The van der Waals surface area contributed by atoms with E-state index in [0.717, 1.165) is 0 Å². The van der Waals surface area contributed by atoms with Crippen LogP contribution in [0, 0.1) is 0 Å². The van der Waals surface area contributed by atoms with Crippen molar-refractivity contribution in [2.45, 2.75) is 76.5 Å². The standard InChI is InChI=1S/C9H9O2.3C4H9.Sn/c1-11-9(10)7-8-5-3-2-4-6-8;3*1-3-4-2;/h2-7H,1H3;3*1,3-4H2,2H3;. The minimum atomic E-state index is -2.71. The fourth-order valence-corrected chi connectivity index (χ4v) is 21.9. The predicted molar refractivity (Wildman–Crippen MR) is 106 cm³/mol. The molecule has 2 nitrogen and oxygen atoms in total. The van der Waals surface area contributed by atoms with Gasteiger partial charge in [0, 0.05) is 0 Å². The van der Waals surface area contributed by atoms with Gasteiger partial charge >= 0.3 is 153 Å². The van der Waals surface area contributed by atoms with E-state index < -0.39 is 18.4 Å². The van der Waals surface area contributed by atoms with Gasteiger partial charge in [0.25, 0.3) is 0 Å². The van der Waals surface area contributed by atoms with E-state index >= 15 is 0 Å². The molecular weight excluding hydrogens is 403 g/mol. The van der Waals surface area contributed by atoms with E-state index in [4.69, 9.17) is 4.74 Å². The summed E-state index contributed by atoms with van der Waals surface area (Å²) in [5.41, 5.74) is 1.21. The SMILES string of the molecule is CCC[CH2][Sn]([CH2]CCC)([CH2]CCC)[CH](C(=O)OC)c1ccccc1. The van der Waals surface area contributed by atoms with E-state index in [1.54, 1.807) is 7.11 Å². The van der Waals surface area contributed by atoms with Gasteiger partial charge in [-0.3, -0.25) is 0 Å². The summed E-state index contributed by atoms with van der Waals surface area (Å²) in [5, 5.41) is 0. The second kappa shape index (κ2) is 11.9. The Morgan fingerprint density at radius 1 is 0.917 bits per heavy atom. The molecule has 0 saturated heterocycles. The summed E-state index contributed by atoms with van der Waals surface area (Å²) in [6.07, 6.45) is 7.47. The van der Waals surface area contributed by atoms with Crippen molar-refractivity contribution < 1.29 is 9.53 Å². The number of unbranched alkanes of at least 4 members (excludes halogenated alkanes) is 3. The van der Waals surface area contributed by atoms with E-state index in [1.165, 1.54) is 57.4 Å². The van der Waals surface area contributed by atoms with Gasteiger partial charge in [-0.25, -0.2) is 0 Å². The Morgan fingerprint density at radius 2 is 1.38 bits per heavy atom. The topological polar surface area (TPSA) is 26.3 Å². The maximum absolute atomic E-state index is 12.9. The summed E-state index contributed by atoms with van der Waals surface area (Å²) in [5.74, 6) is 0.0281. The molecule has 0 aliphatic carbocycles. The van der Waals surface area contributed by atoms with E-state index in [1.807, 2.05) is 6.07 Å². The third-order valence-corrected chi connectivity index (χ3v) is 21.9. The summed E-state index contributed by atoms with van der Waals surface area (Å²) in [6, 6.07) is 10.5. The van der Waals surface area contributed by atoms with Crippen LogP contribution in [0.25, 0.3) is 0 Å². The van der Waals surface area contributed by atoms with Crippen LogP contribution in [0.3, 0.4) is 0 Å². The first-order chi connectivity index (χ1) is 11.6. The summed E-state index contributed by atoms with van der Waals surface area (Å²) in [7, 11) is 1.56. The molecule has 0 heterocycles. The zero-order chi connectivity index (χ0) is 17.8. The summed E-state index contributed by atoms with van der Waals surface area (Å²) in [4.78, 5) is 12.9. The first kappa shape index (κ1) is 21.5. The summed E-state index contributed by atoms with van der Waals surface area (Å²) in [6.45, 7) is 6.81. The minimum absolute atomic E-state index is 0.0281. The molecule has 0 saturated carbocycles. The second-order valence-corrected chi connectivity index (χ2v) is 20.7. The van der Waals surface area contributed by atoms with Crippen LogP contribution < -0.4 is 0 Å². The van der Waals surface area contributed by atoms with Crippen molar-refractivity contribution >= 4 is 24.3 Å². The molecule has 1 aromatic rings.